The van der Waals surface area contributed by atoms with E-state index in [2.05, 4.69) is 30.2 Å². The molecule has 0 saturated heterocycles. The minimum Gasteiger partial charge on any atom is -0.344 e. The first-order valence-corrected chi connectivity index (χ1v) is 10.1. The van der Waals surface area contributed by atoms with E-state index < -0.39 is 17.2 Å². The van der Waals surface area contributed by atoms with Crippen molar-refractivity contribution in [2.24, 2.45) is 14.1 Å². The van der Waals surface area contributed by atoms with Gasteiger partial charge in [-0.05, 0) is 13.0 Å². The van der Waals surface area contributed by atoms with Gasteiger partial charge in [0.2, 0.25) is 11.9 Å². The van der Waals surface area contributed by atoms with E-state index in [1.807, 2.05) is 18.9 Å². The molecule has 13 heteroatoms. The smallest absolute Gasteiger partial charge is 0.332 e. The van der Waals surface area contributed by atoms with Gasteiger partial charge in [0.15, 0.2) is 17.0 Å². The highest BCUT2D eigenvalue weighted by Gasteiger charge is 2.16. The van der Waals surface area contributed by atoms with Crippen LogP contribution in [0.5, 0.6) is 0 Å². The van der Waals surface area contributed by atoms with Gasteiger partial charge in [-0.15, -0.1) is 0 Å². The van der Waals surface area contributed by atoms with E-state index in [0.717, 1.165) is 11.1 Å². The fourth-order valence-corrected chi connectivity index (χ4v) is 3.20. The summed E-state index contributed by atoms with van der Waals surface area (Å²) < 4.78 is 3.62. The second-order valence-electron chi connectivity index (χ2n) is 7.35. The first-order valence-electron chi connectivity index (χ1n) is 10.1. The Balaban J connectivity index is 1.55. The van der Waals surface area contributed by atoms with Crippen molar-refractivity contribution in [3.8, 4) is 11.4 Å². The number of rotatable bonds is 6. The van der Waals surface area contributed by atoms with Crippen LogP contribution in [0.15, 0.2) is 40.6 Å². The third kappa shape index (κ3) is 4.07. The van der Waals surface area contributed by atoms with Crippen molar-refractivity contribution in [3.63, 3.8) is 0 Å². The highest BCUT2D eigenvalue weighted by molar-refractivity contribution is 5.90. The van der Waals surface area contributed by atoms with Crippen molar-refractivity contribution in [2.75, 3.05) is 23.8 Å². The van der Waals surface area contributed by atoms with Gasteiger partial charge < -0.3 is 14.8 Å². The lowest BCUT2D eigenvalue weighted by Gasteiger charge is -2.13. The molecule has 0 fully saturated rings. The lowest BCUT2D eigenvalue weighted by molar-refractivity contribution is -0.116. The van der Waals surface area contributed by atoms with Crippen LogP contribution in [-0.4, -0.2) is 58.1 Å². The van der Waals surface area contributed by atoms with E-state index in [1.54, 1.807) is 18.5 Å². The van der Waals surface area contributed by atoms with Crippen molar-refractivity contribution in [3.05, 3.63) is 51.8 Å². The van der Waals surface area contributed by atoms with Gasteiger partial charge in [-0.3, -0.25) is 18.7 Å². The molecule has 4 aromatic heterocycles. The second kappa shape index (κ2) is 8.61. The maximum atomic E-state index is 12.6. The van der Waals surface area contributed by atoms with Crippen LogP contribution in [0.1, 0.15) is 6.92 Å². The van der Waals surface area contributed by atoms with Crippen LogP contribution in [0.25, 0.3) is 22.6 Å². The van der Waals surface area contributed by atoms with E-state index >= 15 is 0 Å². The number of imidazole rings is 1. The standard InChI is InChI=1S/C20H22N10O3/c1-5-27(2)19-22-8-12(9-23-19)16-21-7-6-13(26-16)25-14(31)10-30-11-24-17-15(30)18(32)29(4)20(33)28(17)3/h6-9,11H,5,10H2,1-4H3,(H,21,25,26,31). The molecule has 0 radical (unpaired) electrons. The molecule has 0 aliphatic rings. The summed E-state index contributed by atoms with van der Waals surface area (Å²) in [5.41, 5.74) is -0.0527. The van der Waals surface area contributed by atoms with Gasteiger partial charge in [0.1, 0.15) is 12.4 Å². The minimum absolute atomic E-state index is 0.160. The Bertz CT molecular complexity index is 1450. The van der Waals surface area contributed by atoms with Gasteiger partial charge in [-0.25, -0.2) is 29.7 Å². The molecular formula is C20H22N10O3. The summed E-state index contributed by atoms with van der Waals surface area (Å²) in [4.78, 5) is 60.4. The molecule has 0 atom stereocenters. The monoisotopic (exact) mass is 450 g/mol. The zero-order valence-corrected chi connectivity index (χ0v) is 18.6. The molecule has 13 nitrogen and oxygen atoms in total. The average molecular weight is 450 g/mol. The van der Waals surface area contributed by atoms with Crippen molar-refractivity contribution >= 4 is 28.8 Å². The van der Waals surface area contributed by atoms with Gasteiger partial charge in [0.25, 0.3) is 5.56 Å². The molecule has 1 amide bonds. The number of carbonyl (C=O) groups is 1. The Kier molecular flexibility index (Phi) is 5.69. The number of aryl methyl sites for hydroxylation is 1. The number of carbonyl (C=O) groups excluding carboxylic acids is 1. The fraction of sp³-hybridized carbons (Fsp3) is 0.300. The molecule has 0 unspecified atom stereocenters. The first-order chi connectivity index (χ1) is 15.8. The number of anilines is 2. The molecule has 4 heterocycles. The number of hydrogen-bond donors (Lipinski definition) is 1. The summed E-state index contributed by atoms with van der Waals surface area (Å²) in [6.45, 7) is 2.58. The van der Waals surface area contributed by atoms with E-state index in [4.69, 9.17) is 0 Å². The lowest BCUT2D eigenvalue weighted by Crippen LogP contribution is -2.37. The van der Waals surface area contributed by atoms with Gasteiger partial charge in [0, 0.05) is 46.3 Å². The number of fused-ring (bicyclic) bond motifs is 1. The number of nitrogens with zero attached hydrogens (tertiary/aromatic N) is 9. The average Bonchev–Trinajstić information content (AvgIpc) is 3.24. The van der Waals surface area contributed by atoms with Crippen molar-refractivity contribution in [1.82, 2.24) is 38.6 Å². The molecule has 1 N–H and O–H groups in total. The maximum absolute atomic E-state index is 12.6. The molecule has 0 aromatic carbocycles. The quantitative estimate of drug-likeness (QED) is 0.421. The maximum Gasteiger partial charge on any atom is 0.332 e. The van der Waals surface area contributed by atoms with E-state index in [0.29, 0.717) is 17.3 Å². The Hall–Kier alpha value is -4.42. The predicted octanol–water partition coefficient (Wildman–Crippen LogP) is -0.224. The zero-order chi connectivity index (χ0) is 23.7. The van der Waals surface area contributed by atoms with Crippen molar-refractivity contribution < 1.29 is 4.79 Å². The summed E-state index contributed by atoms with van der Waals surface area (Å²) in [5.74, 6) is 0.799. The first kappa shape index (κ1) is 21.8. The highest BCUT2D eigenvalue weighted by Crippen LogP contribution is 2.16. The van der Waals surface area contributed by atoms with Gasteiger partial charge in [0.05, 0.1) is 11.9 Å². The molecule has 0 aliphatic heterocycles. The number of aromatic nitrogens is 8. The molecular weight excluding hydrogens is 428 g/mol. The molecule has 33 heavy (non-hydrogen) atoms. The van der Waals surface area contributed by atoms with Crippen LogP contribution < -0.4 is 21.5 Å². The van der Waals surface area contributed by atoms with Crippen LogP contribution >= 0.6 is 0 Å². The van der Waals surface area contributed by atoms with Crippen LogP contribution in [0.2, 0.25) is 0 Å². The Morgan fingerprint density at radius 2 is 1.82 bits per heavy atom. The molecule has 170 valence electrons. The van der Waals surface area contributed by atoms with Crippen LogP contribution in [0.4, 0.5) is 11.8 Å². The van der Waals surface area contributed by atoms with Crippen molar-refractivity contribution in [2.45, 2.75) is 13.5 Å². The minimum atomic E-state index is -0.528. The van der Waals surface area contributed by atoms with E-state index in [9.17, 15) is 14.4 Å². The fourth-order valence-electron chi connectivity index (χ4n) is 3.20. The topological polar surface area (TPSA) is 146 Å². The lowest BCUT2D eigenvalue weighted by atomic mass is 10.3. The highest BCUT2D eigenvalue weighted by atomic mass is 16.2. The zero-order valence-electron chi connectivity index (χ0n) is 18.6. The van der Waals surface area contributed by atoms with Crippen LogP contribution in [-0.2, 0) is 25.4 Å². The molecule has 4 aromatic rings. The Morgan fingerprint density at radius 1 is 1.09 bits per heavy atom. The summed E-state index contributed by atoms with van der Waals surface area (Å²) in [5, 5.41) is 2.69. The normalized spacial score (nSPS) is 11.0. The molecule has 0 spiro atoms. The van der Waals surface area contributed by atoms with E-state index in [1.165, 1.54) is 35.8 Å². The summed E-state index contributed by atoms with van der Waals surface area (Å²) in [6, 6.07) is 1.55. The Morgan fingerprint density at radius 3 is 2.52 bits per heavy atom. The predicted molar refractivity (Wildman–Crippen MR) is 121 cm³/mol. The third-order valence-electron chi connectivity index (χ3n) is 5.17. The van der Waals surface area contributed by atoms with E-state index in [-0.39, 0.29) is 23.5 Å². The largest absolute Gasteiger partial charge is 0.344 e. The third-order valence-corrected chi connectivity index (χ3v) is 5.17. The summed E-state index contributed by atoms with van der Waals surface area (Å²) in [7, 11) is 4.78. The SMILES string of the molecule is CCN(C)c1ncc(-c2nccc(NC(=O)Cn3cnc4c3c(=O)n(C)c(=O)n4C)n2)cn1. The molecule has 0 aliphatic carbocycles. The number of amides is 1. The van der Waals surface area contributed by atoms with Gasteiger partial charge in [-0.1, -0.05) is 0 Å². The van der Waals surface area contributed by atoms with Crippen LogP contribution in [0.3, 0.4) is 0 Å². The molecule has 0 saturated carbocycles. The number of hydrogen-bond acceptors (Lipinski definition) is 9. The van der Waals surface area contributed by atoms with Crippen LogP contribution in [0, 0.1) is 0 Å². The summed E-state index contributed by atoms with van der Waals surface area (Å²) in [6.07, 6.45) is 6.10. The molecule has 4 rings (SSSR count). The Labute approximate surface area is 187 Å². The van der Waals surface area contributed by atoms with Crippen molar-refractivity contribution in [1.29, 1.82) is 0 Å². The summed E-state index contributed by atoms with van der Waals surface area (Å²) >= 11 is 0. The van der Waals surface area contributed by atoms with Gasteiger partial charge in [-0.2, -0.15) is 0 Å². The molecule has 0 bridgehead atoms. The number of nitrogens with one attached hydrogen (secondary N) is 1. The van der Waals surface area contributed by atoms with Gasteiger partial charge >= 0.3 is 5.69 Å². The second-order valence-corrected chi connectivity index (χ2v) is 7.35.